The molecule has 0 aliphatic heterocycles. The van der Waals surface area contributed by atoms with Crippen LogP contribution >= 0.6 is 46.4 Å². The van der Waals surface area contributed by atoms with Crippen molar-refractivity contribution in [2.75, 3.05) is 0 Å². The van der Waals surface area contributed by atoms with Crippen molar-refractivity contribution in [3.8, 4) is 0 Å². The normalized spacial score (nSPS) is 13.1. The van der Waals surface area contributed by atoms with E-state index in [-0.39, 0.29) is 0 Å². The Balaban J connectivity index is 1.34. The molecule has 0 radical (unpaired) electrons. The van der Waals surface area contributed by atoms with Gasteiger partial charge in [0.1, 0.15) is 0 Å². The van der Waals surface area contributed by atoms with Gasteiger partial charge in [-0.05, 0) is 112 Å². The lowest BCUT2D eigenvalue weighted by atomic mass is 9.83. The molecule has 5 heteroatoms. The van der Waals surface area contributed by atoms with Crippen LogP contribution in [0.5, 0.6) is 0 Å². The molecule has 7 rings (SSSR count). The molecular weight excluding hydrogens is 708 g/mol. The Bertz CT molecular complexity index is 2200. The van der Waals surface area contributed by atoms with Gasteiger partial charge in [0, 0.05) is 38.5 Å². The van der Waals surface area contributed by atoms with Gasteiger partial charge in [0.2, 0.25) is 0 Å². The van der Waals surface area contributed by atoms with Crippen molar-refractivity contribution in [3.05, 3.63) is 215 Å². The summed E-state index contributed by atoms with van der Waals surface area (Å²) < 4.78 is 0. The first-order chi connectivity index (χ1) is 24.7. The maximum absolute atomic E-state index is 6.53. The van der Waals surface area contributed by atoms with Crippen LogP contribution in [0.3, 0.4) is 0 Å². The molecule has 6 aromatic rings. The van der Waals surface area contributed by atoms with Gasteiger partial charge in [-0.3, -0.25) is 0 Å². The molecular formula is C46H35Cl4N. The van der Waals surface area contributed by atoms with Crippen LogP contribution in [0.4, 0.5) is 5.69 Å². The summed E-state index contributed by atoms with van der Waals surface area (Å²) in [6.45, 7) is 6.39. The van der Waals surface area contributed by atoms with Gasteiger partial charge in [-0.25, -0.2) is 4.99 Å². The zero-order valence-corrected chi connectivity index (χ0v) is 31.6. The van der Waals surface area contributed by atoms with E-state index in [1.54, 1.807) is 0 Å². The van der Waals surface area contributed by atoms with Crippen LogP contribution in [0.25, 0.3) is 11.1 Å². The molecule has 0 amide bonds. The lowest BCUT2D eigenvalue weighted by Crippen LogP contribution is -2.08. The van der Waals surface area contributed by atoms with Crippen LogP contribution < -0.4 is 0 Å². The lowest BCUT2D eigenvalue weighted by Gasteiger charge is -2.22. The second kappa shape index (κ2) is 15.1. The molecule has 1 nitrogen and oxygen atoms in total. The second-order valence-electron chi connectivity index (χ2n) is 13.1. The van der Waals surface area contributed by atoms with E-state index in [0.717, 1.165) is 67.1 Å². The smallest absolute Gasteiger partial charge is 0.0715 e. The number of aliphatic imine (C=N–C) groups is 1. The molecule has 0 aromatic heterocycles. The number of hydrogen-bond donors (Lipinski definition) is 0. The molecule has 6 aromatic carbocycles. The van der Waals surface area contributed by atoms with Gasteiger partial charge in [-0.2, -0.15) is 0 Å². The van der Waals surface area contributed by atoms with E-state index >= 15 is 0 Å². The first-order valence-electron chi connectivity index (χ1n) is 16.9. The number of allylic oxidation sites excluding steroid dienone is 3. The quantitative estimate of drug-likeness (QED) is 0.154. The Morgan fingerprint density at radius 1 is 0.510 bits per heavy atom. The highest BCUT2D eigenvalue weighted by atomic mass is 35.5. The Morgan fingerprint density at radius 3 is 1.43 bits per heavy atom. The summed E-state index contributed by atoms with van der Waals surface area (Å²) in [7, 11) is 0. The average Bonchev–Trinajstić information content (AvgIpc) is 3.11. The highest BCUT2D eigenvalue weighted by Gasteiger charge is 2.21. The maximum atomic E-state index is 6.53. The zero-order chi connectivity index (χ0) is 35.6. The van der Waals surface area contributed by atoms with Crippen LogP contribution in [-0.2, 0) is 12.8 Å². The van der Waals surface area contributed by atoms with Gasteiger partial charge in [0.05, 0.1) is 11.4 Å². The highest BCUT2D eigenvalue weighted by molar-refractivity contribution is 6.36. The largest absolute Gasteiger partial charge is 0.248 e. The van der Waals surface area contributed by atoms with Crippen molar-refractivity contribution in [1.82, 2.24) is 0 Å². The first kappa shape index (κ1) is 35.1. The predicted molar refractivity (Wildman–Crippen MR) is 220 cm³/mol. The molecule has 0 spiro atoms. The minimum absolute atomic E-state index is 0.643. The summed E-state index contributed by atoms with van der Waals surface area (Å²) in [5.74, 6) is 0. The number of halogens is 4. The standard InChI is InChI=1S/C46H35Cl4N/c1-28-24-29(2)46(30(3)25-28)51-44-23-22-37(35-8-4-5-9-36(35)44)45(33-18-14-31(15-19-33)26-38-40(47)10-6-11-41(38)48)34-20-16-32(17-21-34)27-39-42(49)12-7-13-43(39)50/h4-25H,26-27H2,1-3H3. The van der Waals surface area contributed by atoms with Gasteiger partial charge >= 0.3 is 0 Å². The Labute approximate surface area is 320 Å². The van der Waals surface area contributed by atoms with E-state index in [2.05, 4.69) is 118 Å². The molecule has 0 atom stereocenters. The Hall–Kier alpha value is -4.37. The Kier molecular flexibility index (Phi) is 10.4. The average molecular weight is 744 g/mol. The molecule has 0 unspecified atom stereocenters. The van der Waals surface area contributed by atoms with Gasteiger partial charge < -0.3 is 0 Å². The summed E-state index contributed by atoms with van der Waals surface area (Å²) in [6.07, 6.45) is 5.65. The third kappa shape index (κ3) is 7.50. The number of benzene rings is 6. The van der Waals surface area contributed by atoms with Crippen molar-refractivity contribution in [2.24, 2.45) is 4.99 Å². The van der Waals surface area contributed by atoms with E-state index in [9.17, 15) is 0 Å². The fraction of sp³-hybridized carbons (Fsp3) is 0.109. The van der Waals surface area contributed by atoms with E-state index in [4.69, 9.17) is 51.4 Å². The third-order valence-corrected chi connectivity index (χ3v) is 10.8. The Morgan fingerprint density at radius 2 is 0.961 bits per heavy atom. The first-order valence-corrected chi connectivity index (χ1v) is 18.4. The van der Waals surface area contributed by atoms with Gasteiger partial charge in [0.15, 0.2) is 0 Å². The van der Waals surface area contributed by atoms with Crippen LogP contribution in [0, 0.1) is 20.8 Å². The van der Waals surface area contributed by atoms with E-state index in [0.29, 0.717) is 32.9 Å². The number of nitrogens with zero attached hydrogens (tertiary/aromatic N) is 1. The fourth-order valence-electron chi connectivity index (χ4n) is 6.93. The topological polar surface area (TPSA) is 12.4 Å². The van der Waals surface area contributed by atoms with Crippen molar-refractivity contribution < 1.29 is 0 Å². The number of fused-ring (bicyclic) bond motifs is 1. The van der Waals surface area contributed by atoms with E-state index in [1.807, 2.05) is 36.4 Å². The third-order valence-electron chi connectivity index (χ3n) is 9.41. The van der Waals surface area contributed by atoms with Crippen molar-refractivity contribution >= 4 is 68.9 Å². The van der Waals surface area contributed by atoms with Crippen molar-refractivity contribution in [1.29, 1.82) is 0 Å². The molecule has 0 saturated heterocycles. The highest BCUT2D eigenvalue weighted by Crippen LogP contribution is 2.39. The minimum Gasteiger partial charge on any atom is -0.248 e. The lowest BCUT2D eigenvalue weighted by molar-refractivity contribution is 1.19. The van der Waals surface area contributed by atoms with Crippen LogP contribution in [0.1, 0.15) is 61.2 Å². The number of rotatable bonds is 7. The van der Waals surface area contributed by atoms with Crippen LogP contribution in [0.2, 0.25) is 20.1 Å². The summed E-state index contributed by atoms with van der Waals surface area (Å²) in [4.78, 5) is 5.23. The maximum Gasteiger partial charge on any atom is 0.0715 e. The van der Waals surface area contributed by atoms with Crippen molar-refractivity contribution in [3.63, 3.8) is 0 Å². The van der Waals surface area contributed by atoms with Crippen LogP contribution in [-0.4, -0.2) is 5.71 Å². The number of hydrogen-bond acceptors (Lipinski definition) is 1. The summed E-state index contributed by atoms with van der Waals surface area (Å²) in [5.41, 5.74) is 16.4. The zero-order valence-electron chi connectivity index (χ0n) is 28.6. The molecule has 0 N–H and O–H groups in total. The van der Waals surface area contributed by atoms with Gasteiger partial charge in [0.25, 0.3) is 0 Å². The van der Waals surface area contributed by atoms with Gasteiger partial charge in [-0.1, -0.05) is 155 Å². The van der Waals surface area contributed by atoms with Crippen molar-refractivity contribution in [2.45, 2.75) is 33.6 Å². The molecule has 0 bridgehead atoms. The summed E-state index contributed by atoms with van der Waals surface area (Å²) in [6, 6.07) is 41.7. The fourth-order valence-corrected chi connectivity index (χ4v) is 8.00. The summed E-state index contributed by atoms with van der Waals surface area (Å²) >= 11 is 26.1. The summed E-state index contributed by atoms with van der Waals surface area (Å²) in [5, 5.41) is 2.69. The number of aryl methyl sites for hydroxylation is 3. The molecule has 1 aliphatic carbocycles. The second-order valence-corrected chi connectivity index (χ2v) is 14.7. The van der Waals surface area contributed by atoms with E-state index in [1.165, 1.54) is 16.7 Å². The monoisotopic (exact) mass is 741 g/mol. The molecule has 51 heavy (non-hydrogen) atoms. The van der Waals surface area contributed by atoms with Crippen LogP contribution in [0.15, 0.2) is 138 Å². The molecule has 252 valence electrons. The molecule has 0 fully saturated rings. The predicted octanol–water partition coefficient (Wildman–Crippen LogP) is 14.1. The van der Waals surface area contributed by atoms with Gasteiger partial charge in [-0.15, -0.1) is 0 Å². The SMILES string of the molecule is Cc1cc(C)c(N=C2C=CC(=C(c3ccc(Cc4c(Cl)cccc4Cl)cc3)c3ccc(Cc4c(Cl)cccc4Cl)cc3)c3ccccc32)c(C)c1. The minimum atomic E-state index is 0.643. The van der Waals surface area contributed by atoms with E-state index < -0.39 is 0 Å². The molecule has 0 saturated carbocycles. The molecule has 1 aliphatic rings. The molecule has 0 heterocycles.